The van der Waals surface area contributed by atoms with E-state index in [1.807, 2.05) is 6.92 Å². The average Bonchev–Trinajstić information content (AvgIpc) is 2.92. The Morgan fingerprint density at radius 2 is 2.00 bits per heavy atom. The van der Waals surface area contributed by atoms with E-state index in [0.29, 0.717) is 17.7 Å². The summed E-state index contributed by atoms with van der Waals surface area (Å²) in [6.07, 6.45) is 6.25. The van der Waals surface area contributed by atoms with E-state index in [1.54, 1.807) is 18.2 Å². The minimum absolute atomic E-state index is 0.134. The van der Waals surface area contributed by atoms with Crippen LogP contribution in [0, 0.1) is 12.8 Å². The summed E-state index contributed by atoms with van der Waals surface area (Å²) in [4.78, 5) is 23.3. The van der Waals surface area contributed by atoms with Crippen LogP contribution in [-0.4, -0.2) is 18.4 Å². The number of primary amides is 1. The summed E-state index contributed by atoms with van der Waals surface area (Å²) in [5, 5.41) is 2.92. The number of benzene rings is 1. The van der Waals surface area contributed by atoms with Crippen LogP contribution in [0.2, 0.25) is 0 Å². The molecule has 0 bridgehead atoms. The molecule has 0 unspecified atom stereocenters. The van der Waals surface area contributed by atoms with Crippen molar-refractivity contribution in [2.45, 2.75) is 39.0 Å². The number of nitrogens with two attached hydrogens (primary N) is 1. The summed E-state index contributed by atoms with van der Waals surface area (Å²) in [7, 11) is 0. The van der Waals surface area contributed by atoms with E-state index in [1.165, 1.54) is 25.7 Å². The molecule has 0 heterocycles. The van der Waals surface area contributed by atoms with Gasteiger partial charge in [-0.2, -0.15) is 0 Å². The average molecular weight is 274 g/mol. The summed E-state index contributed by atoms with van der Waals surface area (Å²) in [6, 6.07) is 5.06. The molecule has 1 aromatic rings. The molecule has 1 saturated carbocycles. The van der Waals surface area contributed by atoms with Crippen molar-refractivity contribution in [3.05, 3.63) is 34.9 Å². The highest BCUT2D eigenvalue weighted by Crippen LogP contribution is 2.26. The predicted octanol–water partition coefficient (Wildman–Crippen LogP) is 2.40. The fraction of sp³-hybridized carbons (Fsp3) is 0.500. The van der Waals surface area contributed by atoms with Crippen molar-refractivity contribution in [2.24, 2.45) is 11.7 Å². The van der Waals surface area contributed by atoms with E-state index < -0.39 is 5.91 Å². The predicted molar refractivity (Wildman–Crippen MR) is 78.6 cm³/mol. The molecule has 0 saturated heterocycles. The van der Waals surface area contributed by atoms with Crippen LogP contribution in [-0.2, 0) is 0 Å². The summed E-state index contributed by atoms with van der Waals surface area (Å²) in [5.41, 5.74) is 6.99. The van der Waals surface area contributed by atoms with Crippen molar-refractivity contribution in [3.8, 4) is 0 Å². The molecule has 2 amide bonds. The quantitative estimate of drug-likeness (QED) is 0.865. The Morgan fingerprint density at radius 1 is 1.30 bits per heavy atom. The van der Waals surface area contributed by atoms with Crippen LogP contribution in [0.3, 0.4) is 0 Å². The van der Waals surface area contributed by atoms with Crippen LogP contribution >= 0.6 is 0 Å². The Hall–Kier alpha value is -1.84. The van der Waals surface area contributed by atoms with E-state index in [-0.39, 0.29) is 5.91 Å². The molecule has 0 atom stereocenters. The monoisotopic (exact) mass is 274 g/mol. The Bertz CT molecular complexity index is 505. The van der Waals surface area contributed by atoms with Crippen LogP contribution in [0.5, 0.6) is 0 Å². The summed E-state index contributed by atoms with van der Waals surface area (Å²) in [5.74, 6) is 0.128. The Kier molecular flexibility index (Phi) is 4.77. The van der Waals surface area contributed by atoms with E-state index >= 15 is 0 Å². The molecular formula is C16H22N2O2. The smallest absolute Gasteiger partial charge is 0.251 e. The third-order valence-corrected chi connectivity index (χ3v) is 4.08. The minimum atomic E-state index is -0.497. The highest BCUT2D eigenvalue weighted by molar-refractivity contribution is 5.99. The van der Waals surface area contributed by atoms with Gasteiger partial charge in [0.2, 0.25) is 5.91 Å². The molecule has 1 fully saturated rings. The van der Waals surface area contributed by atoms with Gasteiger partial charge < -0.3 is 11.1 Å². The van der Waals surface area contributed by atoms with E-state index in [9.17, 15) is 9.59 Å². The Labute approximate surface area is 119 Å². The lowest BCUT2D eigenvalue weighted by Crippen LogP contribution is -2.26. The van der Waals surface area contributed by atoms with Gasteiger partial charge in [0.25, 0.3) is 5.91 Å². The Morgan fingerprint density at radius 3 is 2.65 bits per heavy atom. The number of hydrogen-bond donors (Lipinski definition) is 2. The second-order valence-corrected chi connectivity index (χ2v) is 5.59. The molecule has 0 aliphatic heterocycles. The lowest BCUT2D eigenvalue weighted by atomic mass is 10.0. The van der Waals surface area contributed by atoms with Gasteiger partial charge in [0, 0.05) is 17.7 Å². The van der Waals surface area contributed by atoms with Crippen molar-refractivity contribution < 1.29 is 9.59 Å². The maximum absolute atomic E-state index is 12.0. The SMILES string of the molecule is Cc1ccc(C(=O)NCCC2CCCC2)cc1C(N)=O. The summed E-state index contributed by atoms with van der Waals surface area (Å²) in [6.45, 7) is 2.51. The molecule has 108 valence electrons. The molecule has 1 aliphatic carbocycles. The van der Waals surface area contributed by atoms with Gasteiger partial charge >= 0.3 is 0 Å². The maximum Gasteiger partial charge on any atom is 0.251 e. The molecule has 1 aliphatic rings. The largest absolute Gasteiger partial charge is 0.366 e. The second kappa shape index (κ2) is 6.55. The van der Waals surface area contributed by atoms with Gasteiger partial charge in [-0.1, -0.05) is 31.7 Å². The zero-order valence-corrected chi connectivity index (χ0v) is 11.9. The highest BCUT2D eigenvalue weighted by Gasteiger charge is 2.15. The normalized spacial score (nSPS) is 15.2. The lowest BCUT2D eigenvalue weighted by molar-refractivity contribution is 0.0951. The zero-order valence-electron chi connectivity index (χ0n) is 11.9. The standard InChI is InChI=1S/C16H22N2O2/c1-11-6-7-13(10-14(11)15(17)19)16(20)18-9-8-12-4-2-3-5-12/h6-7,10,12H,2-5,8-9H2,1H3,(H2,17,19)(H,18,20). The molecule has 4 nitrogen and oxygen atoms in total. The third-order valence-electron chi connectivity index (χ3n) is 4.08. The number of carbonyl (C=O) groups is 2. The van der Waals surface area contributed by atoms with Gasteiger partial charge in [0.1, 0.15) is 0 Å². The van der Waals surface area contributed by atoms with Crippen LogP contribution < -0.4 is 11.1 Å². The van der Waals surface area contributed by atoms with E-state index in [4.69, 9.17) is 5.73 Å². The molecule has 0 aromatic heterocycles. The van der Waals surface area contributed by atoms with Crippen LogP contribution in [0.15, 0.2) is 18.2 Å². The molecule has 1 aromatic carbocycles. The van der Waals surface area contributed by atoms with Crippen molar-refractivity contribution >= 4 is 11.8 Å². The van der Waals surface area contributed by atoms with Crippen LogP contribution in [0.4, 0.5) is 0 Å². The number of nitrogens with one attached hydrogen (secondary N) is 1. The zero-order chi connectivity index (χ0) is 14.5. The first-order valence-electron chi connectivity index (χ1n) is 7.26. The molecule has 0 radical (unpaired) electrons. The van der Waals surface area contributed by atoms with Gasteiger partial charge in [0.15, 0.2) is 0 Å². The van der Waals surface area contributed by atoms with Crippen molar-refractivity contribution in [1.29, 1.82) is 0 Å². The lowest BCUT2D eigenvalue weighted by Gasteiger charge is -2.10. The fourth-order valence-electron chi connectivity index (χ4n) is 2.82. The van der Waals surface area contributed by atoms with Gasteiger partial charge in [-0.3, -0.25) is 9.59 Å². The number of aryl methyl sites for hydroxylation is 1. The third kappa shape index (κ3) is 3.59. The Balaban J connectivity index is 1.91. The van der Waals surface area contributed by atoms with Crippen molar-refractivity contribution in [3.63, 3.8) is 0 Å². The topological polar surface area (TPSA) is 72.2 Å². The van der Waals surface area contributed by atoms with Gasteiger partial charge in [-0.05, 0) is 37.0 Å². The molecule has 4 heteroatoms. The second-order valence-electron chi connectivity index (χ2n) is 5.59. The molecule has 3 N–H and O–H groups in total. The van der Waals surface area contributed by atoms with Gasteiger partial charge in [0.05, 0.1) is 0 Å². The fourth-order valence-corrected chi connectivity index (χ4v) is 2.82. The van der Waals surface area contributed by atoms with Crippen LogP contribution in [0.1, 0.15) is 58.4 Å². The minimum Gasteiger partial charge on any atom is -0.366 e. The van der Waals surface area contributed by atoms with Crippen LogP contribution in [0.25, 0.3) is 0 Å². The van der Waals surface area contributed by atoms with Gasteiger partial charge in [-0.25, -0.2) is 0 Å². The molecule has 2 rings (SSSR count). The number of hydrogen-bond acceptors (Lipinski definition) is 2. The van der Waals surface area contributed by atoms with Crippen molar-refractivity contribution in [1.82, 2.24) is 5.32 Å². The first-order chi connectivity index (χ1) is 9.58. The number of carbonyl (C=O) groups excluding carboxylic acids is 2. The maximum atomic E-state index is 12.0. The summed E-state index contributed by atoms with van der Waals surface area (Å²) >= 11 is 0. The summed E-state index contributed by atoms with van der Waals surface area (Å²) < 4.78 is 0. The molecule has 20 heavy (non-hydrogen) atoms. The number of amides is 2. The highest BCUT2D eigenvalue weighted by atomic mass is 16.2. The molecular weight excluding hydrogens is 252 g/mol. The van der Waals surface area contributed by atoms with Crippen molar-refractivity contribution in [2.75, 3.05) is 6.54 Å². The molecule has 0 spiro atoms. The van der Waals surface area contributed by atoms with E-state index in [0.717, 1.165) is 17.9 Å². The van der Waals surface area contributed by atoms with E-state index in [2.05, 4.69) is 5.32 Å². The first kappa shape index (κ1) is 14.6. The number of rotatable bonds is 5. The first-order valence-corrected chi connectivity index (χ1v) is 7.26. The van der Waals surface area contributed by atoms with Gasteiger partial charge in [-0.15, -0.1) is 0 Å².